The second kappa shape index (κ2) is 6.00. The molecule has 0 heterocycles. The van der Waals surface area contributed by atoms with Crippen LogP contribution in [0.3, 0.4) is 0 Å². The van der Waals surface area contributed by atoms with Gasteiger partial charge >= 0.3 is 0 Å². The van der Waals surface area contributed by atoms with Crippen molar-refractivity contribution in [1.82, 2.24) is 5.32 Å². The fourth-order valence-corrected chi connectivity index (χ4v) is 1.44. The van der Waals surface area contributed by atoms with E-state index in [1.165, 1.54) is 12.1 Å². The summed E-state index contributed by atoms with van der Waals surface area (Å²) >= 11 is 0. The monoisotopic (exact) mass is 234 g/mol. The van der Waals surface area contributed by atoms with Crippen LogP contribution in [0.4, 0.5) is 4.39 Å². The summed E-state index contributed by atoms with van der Waals surface area (Å²) in [6.45, 7) is 3.68. The van der Waals surface area contributed by atoms with Gasteiger partial charge in [0.1, 0.15) is 11.7 Å². The molecule has 17 heavy (non-hydrogen) atoms. The Balaban J connectivity index is 2.67. The Bertz CT molecular complexity index is 420. The van der Waals surface area contributed by atoms with Gasteiger partial charge in [0.2, 0.25) is 5.91 Å². The zero-order valence-corrected chi connectivity index (χ0v) is 9.90. The number of carbonyl (C=O) groups is 1. The summed E-state index contributed by atoms with van der Waals surface area (Å²) in [7, 11) is 0. The number of carbonyl (C=O) groups excluding carboxylic acids is 1. The summed E-state index contributed by atoms with van der Waals surface area (Å²) in [5.41, 5.74) is 0.775. The van der Waals surface area contributed by atoms with Gasteiger partial charge in [-0.25, -0.2) is 4.39 Å². The summed E-state index contributed by atoms with van der Waals surface area (Å²) in [5.74, 6) is -1.34. The molecule has 0 aliphatic carbocycles. The number of hydrogen-bond acceptors (Lipinski definition) is 2. The summed E-state index contributed by atoms with van der Waals surface area (Å²) in [5, 5.41) is 11.6. The number of rotatable bonds is 4. The van der Waals surface area contributed by atoms with Crippen molar-refractivity contribution in [3.8, 4) is 6.07 Å². The Morgan fingerprint density at radius 3 is 2.47 bits per heavy atom. The third kappa shape index (κ3) is 4.23. The highest BCUT2D eigenvalue weighted by molar-refractivity contribution is 5.81. The minimum Gasteiger partial charge on any atom is -0.353 e. The maximum absolute atomic E-state index is 12.7. The smallest absolute Gasteiger partial charge is 0.237 e. The van der Waals surface area contributed by atoms with Crippen LogP contribution in [0, 0.1) is 23.1 Å². The zero-order chi connectivity index (χ0) is 12.8. The van der Waals surface area contributed by atoms with E-state index in [0.717, 1.165) is 5.56 Å². The highest BCUT2D eigenvalue weighted by atomic mass is 19.1. The predicted octanol–water partition coefficient (Wildman–Crippen LogP) is 2.03. The van der Waals surface area contributed by atoms with Gasteiger partial charge in [0.05, 0.1) is 6.07 Å². The lowest BCUT2D eigenvalue weighted by Gasteiger charge is -2.12. The van der Waals surface area contributed by atoms with E-state index in [1.807, 2.05) is 19.9 Å². The number of nitriles is 1. The normalized spacial score (nSPS) is 11.9. The van der Waals surface area contributed by atoms with Crippen LogP contribution in [0.25, 0.3) is 0 Å². The standard InChI is InChI=1S/C13H15FN2O/c1-9(2)16-13(17)11(8-15)7-10-3-5-12(14)6-4-10/h3-6,9,11H,7H2,1-2H3,(H,16,17). The number of benzene rings is 1. The average Bonchev–Trinajstić information content (AvgIpc) is 2.27. The van der Waals surface area contributed by atoms with Gasteiger partial charge in [0.25, 0.3) is 0 Å². The van der Waals surface area contributed by atoms with Crippen LogP contribution in [0.2, 0.25) is 0 Å². The van der Waals surface area contributed by atoms with Gasteiger partial charge in [-0.1, -0.05) is 12.1 Å². The van der Waals surface area contributed by atoms with Crippen molar-refractivity contribution in [2.24, 2.45) is 5.92 Å². The Labute approximate surface area is 100 Å². The molecule has 1 amide bonds. The molecule has 0 aliphatic rings. The maximum Gasteiger partial charge on any atom is 0.237 e. The van der Waals surface area contributed by atoms with E-state index in [1.54, 1.807) is 12.1 Å². The largest absolute Gasteiger partial charge is 0.353 e. The summed E-state index contributed by atoms with van der Waals surface area (Å²) < 4.78 is 12.7. The van der Waals surface area contributed by atoms with Crippen LogP contribution < -0.4 is 5.32 Å². The quantitative estimate of drug-likeness (QED) is 0.866. The molecule has 1 aromatic carbocycles. The molecular weight excluding hydrogens is 219 g/mol. The first-order valence-electron chi connectivity index (χ1n) is 5.47. The first kappa shape index (κ1) is 13.2. The van der Waals surface area contributed by atoms with E-state index in [-0.39, 0.29) is 17.8 Å². The summed E-state index contributed by atoms with van der Waals surface area (Å²) in [4.78, 5) is 11.6. The van der Waals surface area contributed by atoms with Crippen LogP contribution in [0.15, 0.2) is 24.3 Å². The Hall–Kier alpha value is -1.89. The number of nitrogens with zero attached hydrogens (tertiary/aromatic N) is 1. The molecule has 1 aromatic rings. The minimum atomic E-state index is -0.733. The Kier molecular flexibility index (Phi) is 4.65. The van der Waals surface area contributed by atoms with E-state index < -0.39 is 5.92 Å². The van der Waals surface area contributed by atoms with E-state index in [9.17, 15) is 9.18 Å². The number of hydrogen-bond donors (Lipinski definition) is 1. The second-order valence-corrected chi connectivity index (χ2v) is 4.18. The molecule has 1 unspecified atom stereocenters. The molecule has 4 heteroatoms. The van der Waals surface area contributed by atoms with Gasteiger partial charge in [-0.05, 0) is 38.0 Å². The third-order valence-electron chi connectivity index (χ3n) is 2.26. The number of halogens is 1. The van der Waals surface area contributed by atoms with Crippen LogP contribution in [0.1, 0.15) is 19.4 Å². The molecule has 0 aromatic heterocycles. The summed E-state index contributed by atoms with van der Waals surface area (Å²) in [6, 6.07) is 7.79. The van der Waals surface area contributed by atoms with Crippen molar-refractivity contribution in [2.45, 2.75) is 26.3 Å². The lowest BCUT2D eigenvalue weighted by atomic mass is 9.99. The molecular formula is C13H15FN2O. The highest BCUT2D eigenvalue weighted by Crippen LogP contribution is 2.10. The third-order valence-corrected chi connectivity index (χ3v) is 2.26. The molecule has 0 aliphatic heterocycles. The van der Waals surface area contributed by atoms with Crippen LogP contribution in [-0.2, 0) is 11.2 Å². The zero-order valence-electron chi connectivity index (χ0n) is 9.90. The molecule has 3 nitrogen and oxygen atoms in total. The average molecular weight is 234 g/mol. The molecule has 0 saturated heterocycles. The number of nitrogens with one attached hydrogen (secondary N) is 1. The van der Waals surface area contributed by atoms with Gasteiger partial charge in [0, 0.05) is 6.04 Å². The summed E-state index contributed by atoms with van der Waals surface area (Å²) in [6.07, 6.45) is 0.301. The molecule has 1 atom stereocenters. The molecule has 0 spiro atoms. The fraction of sp³-hybridized carbons (Fsp3) is 0.385. The predicted molar refractivity (Wildman–Crippen MR) is 62.5 cm³/mol. The molecule has 0 saturated carbocycles. The lowest BCUT2D eigenvalue weighted by Crippen LogP contribution is -2.35. The lowest BCUT2D eigenvalue weighted by molar-refractivity contribution is -0.123. The minimum absolute atomic E-state index is 0.00608. The van der Waals surface area contributed by atoms with Crippen molar-refractivity contribution in [1.29, 1.82) is 5.26 Å². The van der Waals surface area contributed by atoms with Crippen molar-refractivity contribution in [2.75, 3.05) is 0 Å². The van der Waals surface area contributed by atoms with Gasteiger partial charge < -0.3 is 5.32 Å². The van der Waals surface area contributed by atoms with Gasteiger partial charge in [-0.15, -0.1) is 0 Å². The van der Waals surface area contributed by atoms with E-state index >= 15 is 0 Å². The molecule has 0 radical (unpaired) electrons. The topological polar surface area (TPSA) is 52.9 Å². The van der Waals surface area contributed by atoms with Crippen molar-refractivity contribution < 1.29 is 9.18 Å². The van der Waals surface area contributed by atoms with Crippen LogP contribution in [0.5, 0.6) is 0 Å². The van der Waals surface area contributed by atoms with E-state index in [2.05, 4.69) is 5.32 Å². The van der Waals surface area contributed by atoms with E-state index in [4.69, 9.17) is 5.26 Å². The van der Waals surface area contributed by atoms with E-state index in [0.29, 0.717) is 6.42 Å². The molecule has 0 bridgehead atoms. The van der Waals surface area contributed by atoms with Crippen LogP contribution >= 0.6 is 0 Å². The molecule has 1 N–H and O–H groups in total. The van der Waals surface area contributed by atoms with Crippen LogP contribution in [-0.4, -0.2) is 11.9 Å². The Morgan fingerprint density at radius 2 is 2.00 bits per heavy atom. The van der Waals surface area contributed by atoms with Crippen molar-refractivity contribution in [3.05, 3.63) is 35.6 Å². The van der Waals surface area contributed by atoms with Gasteiger partial charge in [-0.3, -0.25) is 4.79 Å². The molecule has 90 valence electrons. The van der Waals surface area contributed by atoms with Crippen molar-refractivity contribution >= 4 is 5.91 Å². The molecule has 0 fully saturated rings. The maximum atomic E-state index is 12.7. The number of amides is 1. The first-order valence-corrected chi connectivity index (χ1v) is 5.47. The fourth-order valence-electron chi connectivity index (χ4n) is 1.44. The van der Waals surface area contributed by atoms with Gasteiger partial charge in [0.15, 0.2) is 0 Å². The van der Waals surface area contributed by atoms with Gasteiger partial charge in [-0.2, -0.15) is 5.26 Å². The second-order valence-electron chi connectivity index (χ2n) is 4.18. The highest BCUT2D eigenvalue weighted by Gasteiger charge is 2.18. The van der Waals surface area contributed by atoms with Crippen molar-refractivity contribution in [3.63, 3.8) is 0 Å². The first-order chi connectivity index (χ1) is 8.02. The molecule has 1 rings (SSSR count). The Morgan fingerprint density at radius 1 is 1.41 bits per heavy atom. The SMILES string of the molecule is CC(C)NC(=O)C(C#N)Cc1ccc(F)cc1.